The van der Waals surface area contributed by atoms with E-state index in [-0.39, 0.29) is 12.0 Å². The minimum Gasteiger partial charge on any atom is -0.490 e. The highest BCUT2D eigenvalue weighted by atomic mass is 79.9. The van der Waals surface area contributed by atoms with Crippen molar-refractivity contribution in [2.24, 2.45) is 0 Å². The third-order valence-corrected chi connectivity index (χ3v) is 4.66. The molecule has 0 unspecified atom stereocenters. The first-order valence-electron chi connectivity index (χ1n) is 9.70. The van der Waals surface area contributed by atoms with Gasteiger partial charge in [-0.05, 0) is 72.2 Å². The summed E-state index contributed by atoms with van der Waals surface area (Å²) >= 11 is 3.46. The fourth-order valence-electron chi connectivity index (χ4n) is 2.71. The Morgan fingerprint density at radius 3 is 2.33 bits per heavy atom. The predicted molar refractivity (Wildman–Crippen MR) is 122 cm³/mol. The smallest absolute Gasteiger partial charge is 0.255 e. The molecule has 0 saturated carbocycles. The Morgan fingerprint density at radius 1 is 0.900 bits per heavy atom. The van der Waals surface area contributed by atoms with Crippen molar-refractivity contribution in [2.45, 2.75) is 20.0 Å². The van der Waals surface area contributed by atoms with Gasteiger partial charge in [-0.15, -0.1) is 0 Å². The zero-order chi connectivity index (χ0) is 21.3. The van der Waals surface area contributed by atoms with Crippen molar-refractivity contribution in [1.29, 1.82) is 0 Å². The third-order valence-electron chi connectivity index (χ3n) is 4.04. The number of halogens is 1. The van der Waals surface area contributed by atoms with Crippen LogP contribution in [0, 0.1) is 0 Å². The van der Waals surface area contributed by atoms with Crippen LogP contribution >= 0.6 is 15.9 Å². The van der Waals surface area contributed by atoms with E-state index < -0.39 is 0 Å². The molecule has 5 nitrogen and oxygen atoms in total. The van der Waals surface area contributed by atoms with Gasteiger partial charge in [0, 0.05) is 5.56 Å². The van der Waals surface area contributed by atoms with E-state index in [0.717, 1.165) is 10.2 Å². The van der Waals surface area contributed by atoms with Gasteiger partial charge in [0.15, 0.2) is 0 Å². The Morgan fingerprint density at radius 2 is 1.60 bits per heavy atom. The van der Waals surface area contributed by atoms with E-state index in [1.54, 1.807) is 24.3 Å². The summed E-state index contributed by atoms with van der Waals surface area (Å²) in [7, 11) is 0. The van der Waals surface area contributed by atoms with Crippen LogP contribution < -0.4 is 19.5 Å². The Kier molecular flexibility index (Phi) is 7.74. The lowest BCUT2D eigenvalue weighted by atomic mass is 10.2. The lowest BCUT2D eigenvalue weighted by Gasteiger charge is -2.14. The fourth-order valence-corrected chi connectivity index (χ4v) is 3.18. The molecule has 0 heterocycles. The Balaban J connectivity index is 1.60. The third kappa shape index (κ3) is 6.26. The molecule has 1 N–H and O–H groups in total. The SMILES string of the molecule is CC(C)Oc1ccc(C(=O)Nc2ccccc2OCCOc2ccccc2)cc1Br. The fraction of sp³-hybridized carbons (Fsp3) is 0.208. The van der Waals surface area contributed by atoms with E-state index in [1.165, 1.54) is 0 Å². The zero-order valence-corrected chi connectivity index (χ0v) is 18.5. The van der Waals surface area contributed by atoms with E-state index in [0.29, 0.717) is 36.0 Å². The summed E-state index contributed by atoms with van der Waals surface area (Å²) in [5.41, 5.74) is 1.11. The summed E-state index contributed by atoms with van der Waals surface area (Å²) in [6.45, 7) is 4.66. The maximum atomic E-state index is 12.7. The molecular weight excluding hydrogens is 446 g/mol. The first-order valence-corrected chi connectivity index (χ1v) is 10.5. The number of nitrogens with one attached hydrogen (secondary N) is 1. The highest BCUT2D eigenvalue weighted by Crippen LogP contribution is 2.28. The summed E-state index contributed by atoms with van der Waals surface area (Å²) in [5, 5.41) is 2.91. The van der Waals surface area contributed by atoms with Crippen LogP contribution in [-0.4, -0.2) is 25.2 Å². The Hall–Kier alpha value is -2.99. The maximum absolute atomic E-state index is 12.7. The summed E-state index contributed by atoms with van der Waals surface area (Å²) < 4.78 is 17.9. The molecule has 0 spiro atoms. The van der Waals surface area contributed by atoms with E-state index in [4.69, 9.17) is 14.2 Å². The van der Waals surface area contributed by atoms with Crippen LogP contribution in [0.3, 0.4) is 0 Å². The van der Waals surface area contributed by atoms with Gasteiger partial charge in [-0.25, -0.2) is 0 Å². The number of para-hydroxylation sites is 3. The van der Waals surface area contributed by atoms with Gasteiger partial charge < -0.3 is 19.5 Å². The number of benzene rings is 3. The van der Waals surface area contributed by atoms with Gasteiger partial charge in [-0.2, -0.15) is 0 Å². The second-order valence-electron chi connectivity index (χ2n) is 6.77. The normalized spacial score (nSPS) is 10.5. The first kappa shape index (κ1) is 21.7. The lowest BCUT2D eigenvalue weighted by molar-refractivity contribution is 0.102. The molecule has 1 amide bonds. The second-order valence-corrected chi connectivity index (χ2v) is 7.63. The van der Waals surface area contributed by atoms with Crippen molar-refractivity contribution in [1.82, 2.24) is 0 Å². The Bertz CT molecular complexity index is 976. The molecule has 0 bridgehead atoms. The van der Waals surface area contributed by atoms with Crippen LogP contribution in [0.15, 0.2) is 77.3 Å². The van der Waals surface area contributed by atoms with Crippen molar-refractivity contribution < 1.29 is 19.0 Å². The molecule has 0 aliphatic carbocycles. The molecule has 6 heteroatoms. The average molecular weight is 470 g/mol. The Labute approximate surface area is 185 Å². The summed E-state index contributed by atoms with van der Waals surface area (Å²) in [5.74, 6) is 1.84. The molecule has 0 aliphatic rings. The van der Waals surface area contributed by atoms with Crippen molar-refractivity contribution in [3.8, 4) is 17.2 Å². The number of carbonyl (C=O) groups excluding carboxylic acids is 1. The molecule has 3 aromatic carbocycles. The van der Waals surface area contributed by atoms with Crippen LogP contribution in [0.5, 0.6) is 17.2 Å². The van der Waals surface area contributed by atoms with Crippen LogP contribution in [0.4, 0.5) is 5.69 Å². The van der Waals surface area contributed by atoms with Crippen molar-refractivity contribution >= 4 is 27.5 Å². The summed E-state index contributed by atoms with van der Waals surface area (Å²) in [6, 6.07) is 22.1. The van der Waals surface area contributed by atoms with Crippen molar-refractivity contribution in [3.63, 3.8) is 0 Å². The quantitative estimate of drug-likeness (QED) is 0.393. The lowest BCUT2D eigenvalue weighted by Crippen LogP contribution is -2.15. The van der Waals surface area contributed by atoms with Gasteiger partial charge >= 0.3 is 0 Å². The molecule has 156 valence electrons. The highest BCUT2D eigenvalue weighted by molar-refractivity contribution is 9.10. The molecule has 30 heavy (non-hydrogen) atoms. The minimum atomic E-state index is -0.233. The molecule has 3 rings (SSSR count). The topological polar surface area (TPSA) is 56.8 Å². The number of hydrogen-bond acceptors (Lipinski definition) is 4. The molecule has 0 aliphatic heterocycles. The van der Waals surface area contributed by atoms with E-state index >= 15 is 0 Å². The van der Waals surface area contributed by atoms with Crippen LogP contribution in [0.2, 0.25) is 0 Å². The minimum absolute atomic E-state index is 0.0517. The second kappa shape index (κ2) is 10.7. The molecule has 3 aromatic rings. The zero-order valence-electron chi connectivity index (χ0n) is 16.9. The summed E-state index contributed by atoms with van der Waals surface area (Å²) in [6.07, 6.45) is 0.0517. The largest absolute Gasteiger partial charge is 0.490 e. The van der Waals surface area contributed by atoms with Crippen LogP contribution in [0.25, 0.3) is 0 Å². The van der Waals surface area contributed by atoms with E-state index in [2.05, 4.69) is 21.2 Å². The van der Waals surface area contributed by atoms with Gasteiger partial charge in [0.25, 0.3) is 5.91 Å². The number of carbonyl (C=O) groups is 1. The number of hydrogen-bond donors (Lipinski definition) is 1. The van der Waals surface area contributed by atoms with Crippen molar-refractivity contribution in [3.05, 3.63) is 82.8 Å². The van der Waals surface area contributed by atoms with Crippen LogP contribution in [0.1, 0.15) is 24.2 Å². The summed E-state index contributed by atoms with van der Waals surface area (Å²) in [4.78, 5) is 12.7. The van der Waals surface area contributed by atoms with Crippen molar-refractivity contribution in [2.75, 3.05) is 18.5 Å². The number of anilines is 1. The van der Waals surface area contributed by atoms with Gasteiger partial charge in [0.05, 0.1) is 16.3 Å². The number of amides is 1. The average Bonchev–Trinajstić information content (AvgIpc) is 2.74. The first-order chi connectivity index (χ1) is 14.5. The predicted octanol–water partition coefficient (Wildman–Crippen LogP) is 5.95. The molecule has 0 atom stereocenters. The number of ether oxygens (including phenoxy) is 3. The molecule has 0 aromatic heterocycles. The van der Waals surface area contributed by atoms with Gasteiger partial charge in [-0.3, -0.25) is 4.79 Å². The number of rotatable bonds is 9. The molecule has 0 fully saturated rings. The molecular formula is C24H24BrNO4. The van der Waals surface area contributed by atoms with Gasteiger partial charge in [0.1, 0.15) is 30.5 Å². The standard InChI is InChI=1S/C24H24BrNO4/c1-17(2)30-22-13-12-18(16-20(22)25)24(27)26-21-10-6-7-11-23(21)29-15-14-28-19-8-4-3-5-9-19/h3-13,16-17H,14-15H2,1-2H3,(H,26,27). The highest BCUT2D eigenvalue weighted by Gasteiger charge is 2.13. The van der Waals surface area contributed by atoms with E-state index in [1.807, 2.05) is 62.4 Å². The van der Waals surface area contributed by atoms with E-state index in [9.17, 15) is 4.79 Å². The monoisotopic (exact) mass is 469 g/mol. The van der Waals surface area contributed by atoms with Gasteiger partial charge in [0.2, 0.25) is 0 Å². The van der Waals surface area contributed by atoms with Crippen LogP contribution in [-0.2, 0) is 0 Å². The maximum Gasteiger partial charge on any atom is 0.255 e. The molecule has 0 saturated heterocycles. The molecule has 0 radical (unpaired) electrons. The van der Waals surface area contributed by atoms with Gasteiger partial charge in [-0.1, -0.05) is 30.3 Å².